The van der Waals surface area contributed by atoms with Crippen LogP contribution in [0, 0.1) is 11.8 Å². The van der Waals surface area contributed by atoms with Crippen molar-refractivity contribution < 1.29 is 4.79 Å². The summed E-state index contributed by atoms with van der Waals surface area (Å²) in [7, 11) is 0. The maximum absolute atomic E-state index is 11.4. The summed E-state index contributed by atoms with van der Waals surface area (Å²) in [6, 6.07) is 0.712. The van der Waals surface area contributed by atoms with Gasteiger partial charge in [0.1, 0.15) is 0 Å². The predicted octanol–water partition coefficient (Wildman–Crippen LogP) is 1.27. The van der Waals surface area contributed by atoms with Gasteiger partial charge in [-0.05, 0) is 24.7 Å². The first-order valence-electron chi connectivity index (χ1n) is 8.35. The fourth-order valence-electron chi connectivity index (χ4n) is 4.08. The number of hydrogen-bond acceptors (Lipinski definition) is 3. The second-order valence-corrected chi connectivity index (χ2v) is 7.10. The molecule has 0 bridgehead atoms. The molecule has 1 saturated carbocycles. The van der Waals surface area contributed by atoms with Crippen LogP contribution in [0.4, 0.5) is 0 Å². The number of hydrogen-bond donors (Lipinski definition) is 0. The Morgan fingerprint density at radius 1 is 1.10 bits per heavy atom. The van der Waals surface area contributed by atoms with Crippen LogP contribution >= 0.6 is 0 Å². The van der Waals surface area contributed by atoms with Gasteiger partial charge in [-0.15, -0.1) is 0 Å². The molecule has 2 unspecified atom stereocenters. The molecule has 0 aromatic carbocycles. The minimum atomic E-state index is 0.232. The summed E-state index contributed by atoms with van der Waals surface area (Å²) in [4.78, 5) is 18.7. The molecule has 2 heterocycles. The maximum Gasteiger partial charge on any atom is 0.219 e. The van der Waals surface area contributed by atoms with E-state index in [4.69, 9.17) is 0 Å². The van der Waals surface area contributed by atoms with Gasteiger partial charge >= 0.3 is 0 Å². The predicted molar refractivity (Wildman–Crippen MR) is 80.6 cm³/mol. The van der Waals surface area contributed by atoms with Crippen molar-refractivity contribution in [3.05, 3.63) is 0 Å². The van der Waals surface area contributed by atoms with Crippen LogP contribution in [-0.2, 0) is 4.79 Å². The maximum atomic E-state index is 11.4. The Kier molecular flexibility index (Phi) is 4.32. The SMILES string of the molecule is CC(=O)N1CCN(C2CN(CC3CCC3)CC2C)CC1. The van der Waals surface area contributed by atoms with Crippen LogP contribution in [0.3, 0.4) is 0 Å². The highest BCUT2D eigenvalue weighted by Gasteiger charge is 2.36. The first-order valence-corrected chi connectivity index (χ1v) is 8.35. The van der Waals surface area contributed by atoms with Gasteiger partial charge in [-0.25, -0.2) is 0 Å². The van der Waals surface area contributed by atoms with Gasteiger partial charge in [0.25, 0.3) is 0 Å². The highest BCUT2D eigenvalue weighted by Crippen LogP contribution is 2.30. The topological polar surface area (TPSA) is 26.8 Å². The summed E-state index contributed by atoms with van der Waals surface area (Å²) in [6.07, 6.45) is 4.35. The quantitative estimate of drug-likeness (QED) is 0.778. The molecule has 4 heteroatoms. The van der Waals surface area contributed by atoms with Gasteiger partial charge < -0.3 is 9.80 Å². The summed E-state index contributed by atoms with van der Waals surface area (Å²) < 4.78 is 0. The lowest BCUT2D eigenvalue weighted by Gasteiger charge is -2.39. The first kappa shape index (κ1) is 14.3. The van der Waals surface area contributed by atoms with Crippen molar-refractivity contribution in [1.82, 2.24) is 14.7 Å². The molecule has 1 aliphatic carbocycles. The van der Waals surface area contributed by atoms with E-state index in [0.717, 1.165) is 38.0 Å². The molecule has 3 aliphatic rings. The molecule has 2 aliphatic heterocycles. The van der Waals surface area contributed by atoms with Crippen LogP contribution in [0.25, 0.3) is 0 Å². The second-order valence-electron chi connectivity index (χ2n) is 7.10. The zero-order valence-electron chi connectivity index (χ0n) is 13.1. The van der Waals surface area contributed by atoms with Crippen LogP contribution < -0.4 is 0 Å². The molecule has 3 rings (SSSR count). The van der Waals surface area contributed by atoms with Crippen molar-refractivity contribution in [3.63, 3.8) is 0 Å². The highest BCUT2D eigenvalue weighted by atomic mass is 16.2. The largest absolute Gasteiger partial charge is 0.340 e. The molecule has 3 fully saturated rings. The fraction of sp³-hybridized carbons (Fsp3) is 0.938. The third-order valence-corrected chi connectivity index (χ3v) is 5.62. The van der Waals surface area contributed by atoms with Gasteiger partial charge in [-0.2, -0.15) is 0 Å². The standard InChI is InChI=1S/C16H29N3O/c1-13-10-17(11-15-4-3-5-15)12-16(13)19-8-6-18(7-9-19)14(2)20/h13,15-16H,3-12H2,1-2H3. The third kappa shape index (κ3) is 3.01. The van der Waals surface area contributed by atoms with Crippen molar-refractivity contribution >= 4 is 5.91 Å². The van der Waals surface area contributed by atoms with Gasteiger partial charge in [0.2, 0.25) is 5.91 Å². The average molecular weight is 279 g/mol. The van der Waals surface area contributed by atoms with Crippen molar-refractivity contribution in [2.24, 2.45) is 11.8 Å². The van der Waals surface area contributed by atoms with Crippen LogP contribution in [0.15, 0.2) is 0 Å². The second kappa shape index (κ2) is 6.02. The van der Waals surface area contributed by atoms with Crippen molar-refractivity contribution in [2.45, 2.75) is 39.2 Å². The molecular formula is C16H29N3O. The number of carbonyl (C=O) groups excluding carboxylic acids is 1. The van der Waals surface area contributed by atoms with Gasteiger partial charge in [0, 0.05) is 58.8 Å². The van der Waals surface area contributed by atoms with Gasteiger partial charge in [-0.3, -0.25) is 9.69 Å². The van der Waals surface area contributed by atoms with Gasteiger partial charge in [0.05, 0.1) is 0 Å². The lowest BCUT2D eigenvalue weighted by atomic mass is 9.85. The summed E-state index contributed by atoms with van der Waals surface area (Å²) in [5.41, 5.74) is 0. The average Bonchev–Trinajstić information content (AvgIpc) is 2.75. The Morgan fingerprint density at radius 2 is 1.80 bits per heavy atom. The fourth-order valence-corrected chi connectivity index (χ4v) is 4.08. The molecule has 2 saturated heterocycles. The number of rotatable bonds is 3. The Balaban J connectivity index is 1.48. The third-order valence-electron chi connectivity index (χ3n) is 5.62. The minimum absolute atomic E-state index is 0.232. The van der Waals surface area contributed by atoms with Crippen molar-refractivity contribution in [3.8, 4) is 0 Å². The van der Waals surface area contributed by atoms with E-state index in [1.165, 1.54) is 38.9 Å². The molecule has 4 nitrogen and oxygen atoms in total. The van der Waals surface area contributed by atoms with Crippen LogP contribution in [0.5, 0.6) is 0 Å². The first-order chi connectivity index (χ1) is 9.63. The summed E-state index contributed by atoms with van der Waals surface area (Å²) >= 11 is 0. The van der Waals surface area contributed by atoms with Gasteiger partial charge in [-0.1, -0.05) is 13.3 Å². The Morgan fingerprint density at radius 3 is 2.35 bits per heavy atom. The minimum Gasteiger partial charge on any atom is -0.340 e. The van der Waals surface area contributed by atoms with Crippen LogP contribution in [0.1, 0.15) is 33.1 Å². The normalized spacial score (nSPS) is 33.4. The molecule has 0 aromatic heterocycles. The number of carbonyl (C=O) groups is 1. The van der Waals surface area contributed by atoms with E-state index in [1.807, 2.05) is 4.90 Å². The molecular weight excluding hydrogens is 250 g/mol. The van der Waals surface area contributed by atoms with E-state index in [0.29, 0.717) is 6.04 Å². The molecule has 2 atom stereocenters. The highest BCUT2D eigenvalue weighted by molar-refractivity contribution is 5.73. The van der Waals surface area contributed by atoms with Crippen LogP contribution in [0.2, 0.25) is 0 Å². The van der Waals surface area contributed by atoms with E-state index >= 15 is 0 Å². The Labute approximate surface area is 123 Å². The Bertz CT molecular complexity index is 348. The molecule has 0 spiro atoms. The zero-order valence-corrected chi connectivity index (χ0v) is 13.1. The Hall–Kier alpha value is -0.610. The van der Waals surface area contributed by atoms with Crippen LogP contribution in [-0.4, -0.2) is 72.5 Å². The molecule has 0 radical (unpaired) electrons. The van der Waals surface area contributed by atoms with E-state index in [2.05, 4.69) is 16.7 Å². The van der Waals surface area contributed by atoms with E-state index in [9.17, 15) is 4.79 Å². The zero-order chi connectivity index (χ0) is 14.1. The molecule has 114 valence electrons. The van der Waals surface area contributed by atoms with E-state index in [-0.39, 0.29) is 5.91 Å². The smallest absolute Gasteiger partial charge is 0.219 e. The lowest BCUT2D eigenvalue weighted by molar-refractivity contribution is -0.130. The summed E-state index contributed by atoms with van der Waals surface area (Å²) in [5.74, 6) is 1.99. The van der Waals surface area contributed by atoms with E-state index in [1.54, 1.807) is 6.92 Å². The molecule has 20 heavy (non-hydrogen) atoms. The van der Waals surface area contributed by atoms with Crippen molar-refractivity contribution in [2.75, 3.05) is 45.8 Å². The monoisotopic (exact) mass is 279 g/mol. The van der Waals surface area contributed by atoms with Crippen molar-refractivity contribution in [1.29, 1.82) is 0 Å². The number of likely N-dealkylation sites (tertiary alicyclic amines) is 1. The van der Waals surface area contributed by atoms with E-state index < -0.39 is 0 Å². The lowest BCUT2D eigenvalue weighted by Crippen LogP contribution is -2.53. The van der Waals surface area contributed by atoms with Gasteiger partial charge in [0.15, 0.2) is 0 Å². The number of piperazine rings is 1. The molecule has 0 aromatic rings. The molecule has 1 amide bonds. The number of amides is 1. The molecule has 0 N–H and O–H groups in total. The number of nitrogens with zero attached hydrogens (tertiary/aromatic N) is 3. The summed E-state index contributed by atoms with van der Waals surface area (Å²) in [6.45, 7) is 11.9. The summed E-state index contributed by atoms with van der Waals surface area (Å²) in [5, 5.41) is 0.